The number of aliphatic hydroxyl groups is 1. The molecule has 0 aliphatic heterocycles. The average molecular weight is 312 g/mol. The Morgan fingerprint density at radius 2 is 2.06 bits per heavy atom. The smallest absolute Gasteiger partial charge is 0.229 e. The molecule has 0 spiro atoms. The number of rotatable bonds is 4. The van der Waals surface area contributed by atoms with Crippen molar-refractivity contribution in [3.63, 3.8) is 0 Å². The minimum atomic E-state index is -1.02. The van der Waals surface area contributed by atoms with Crippen molar-refractivity contribution in [1.82, 2.24) is 10.1 Å². The van der Waals surface area contributed by atoms with E-state index in [0.29, 0.717) is 11.7 Å². The minimum Gasteiger partial charge on any atom is -0.388 e. The van der Waals surface area contributed by atoms with Crippen LogP contribution in [0.4, 0.5) is 0 Å². The number of hydrogen-bond acceptors (Lipinski definition) is 5. The maximum absolute atomic E-state index is 9.83. The van der Waals surface area contributed by atoms with Crippen LogP contribution in [0.15, 0.2) is 33.3 Å². The van der Waals surface area contributed by atoms with Gasteiger partial charge in [-0.1, -0.05) is 21.1 Å². The third-order valence-corrected chi connectivity index (χ3v) is 3.07. The molecule has 0 radical (unpaired) electrons. The summed E-state index contributed by atoms with van der Waals surface area (Å²) >= 11 is 3.36. The second kappa shape index (κ2) is 5.17. The van der Waals surface area contributed by atoms with Crippen molar-refractivity contribution in [3.05, 3.63) is 34.6 Å². The molecule has 96 valence electrons. The fourth-order valence-corrected chi connectivity index (χ4v) is 1.71. The topological polar surface area (TPSA) is 85.2 Å². The molecule has 1 atom stereocenters. The van der Waals surface area contributed by atoms with E-state index in [9.17, 15) is 5.11 Å². The van der Waals surface area contributed by atoms with E-state index < -0.39 is 5.60 Å². The van der Waals surface area contributed by atoms with Gasteiger partial charge in [0, 0.05) is 16.6 Å². The van der Waals surface area contributed by atoms with E-state index in [1.165, 1.54) is 0 Å². The molecular weight excluding hydrogens is 298 g/mol. The molecule has 0 fully saturated rings. The van der Waals surface area contributed by atoms with Crippen LogP contribution in [0.2, 0.25) is 0 Å². The van der Waals surface area contributed by atoms with Gasteiger partial charge in [-0.3, -0.25) is 0 Å². The summed E-state index contributed by atoms with van der Waals surface area (Å²) in [5, 5.41) is 13.7. The normalized spacial score (nSPS) is 14.4. The predicted molar refractivity (Wildman–Crippen MR) is 70.8 cm³/mol. The van der Waals surface area contributed by atoms with E-state index in [2.05, 4.69) is 26.1 Å². The summed E-state index contributed by atoms with van der Waals surface area (Å²) in [5.41, 5.74) is 5.28. The molecular formula is C12H14BrN3O2. The molecule has 2 aromatic rings. The highest BCUT2D eigenvalue weighted by Gasteiger charge is 2.22. The summed E-state index contributed by atoms with van der Waals surface area (Å²) in [6.45, 7) is 1.78. The molecule has 0 aliphatic carbocycles. The van der Waals surface area contributed by atoms with Gasteiger partial charge in [0.05, 0.1) is 12.0 Å². The summed E-state index contributed by atoms with van der Waals surface area (Å²) in [5.74, 6) is 0.883. The Morgan fingerprint density at radius 1 is 1.39 bits per heavy atom. The molecule has 5 nitrogen and oxygen atoms in total. The van der Waals surface area contributed by atoms with Crippen molar-refractivity contribution in [2.75, 3.05) is 6.54 Å². The van der Waals surface area contributed by atoms with E-state index in [-0.39, 0.29) is 13.0 Å². The SMILES string of the molecule is CC(O)(CN)Cc1nc(-c2ccc(Br)cc2)no1. The largest absolute Gasteiger partial charge is 0.388 e. The number of aromatic nitrogens is 2. The van der Waals surface area contributed by atoms with Crippen molar-refractivity contribution in [2.24, 2.45) is 5.73 Å². The summed E-state index contributed by atoms with van der Waals surface area (Å²) in [7, 11) is 0. The van der Waals surface area contributed by atoms with Gasteiger partial charge in [-0.2, -0.15) is 4.98 Å². The third kappa shape index (κ3) is 3.16. The summed E-state index contributed by atoms with van der Waals surface area (Å²) in [6.07, 6.45) is 0.243. The number of benzene rings is 1. The van der Waals surface area contributed by atoms with Gasteiger partial charge in [-0.25, -0.2) is 0 Å². The second-order valence-electron chi connectivity index (χ2n) is 4.40. The number of nitrogens with two attached hydrogens (primary N) is 1. The second-order valence-corrected chi connectivity index (χ2v) is 5.31. The van der Waals surface area contributed by atoms with E-state index in [4.69, 9.17) is 10.3 Å². The van der Waals surface area contributed by atoms with Gasteiger partial charge in [0.15, 0.2) is 0 Å². The number of halogens is 1. The Balaban J connectivity index is 2.18. The van der Waals surface area contributed by atoms with Crippen LogP contribution < -0.4 is 5.73 Å². The average Bonchev–Trinajstić information content (AvgIpc) is 2.78. The molecule has 6 heteroatoms. The van der Waals surface area contributed by atoms with Crippen LogP contribution >= 0.6 is 15.9 Å². The number of nitrogens with zero attached hydrogens (tertiary/aromatic N) is 2. The summed E-state index contributed by atoms with van der Waals surface area (Å²) in [4.78, 5) is 4.23. The molecule has 1 aromatic carbocycles. The Labute approximate surface area is 113 Å². The molecule has 0 aliphatic rings. The first kappa shape index (κ1) is 13.2. The van der Waals surface area contributed by atoms with E-state index in [1.807, 2.05) is 24.3 Å². The first-order valence-electron chi connectivity index (χ1n) is 5.51. The van der Waals surface area contributed by atoms with Crippen molar-refractivity contribution in [2.45, 2.75) is 18.9 Å². The molecule has 3 N–H and O–H groups in total. The quantitative estimate of drug-likeness (QED) is 0.898. The Kier molecular flexibility index (Phi) is 3.79. The molecule has 0 bridgehead atoms. The van der Waals surface area contributed by atoms with Crippen LogP contribution in [-0.4, -0.2) is 27.4 Å². The van der Waals surface area contributed by atoms with Crippen LogP contribution in [0.25, 0.3) is 11.4 Å². The number of hydrogen-bond donors (Lipinski definition) is 2. The highest BCUT2D eigenvalue weighted by Crippen LogP contribution is 2.20. The lowest BCUT2D eigenvalue weighted by Gasteiger charge is -2.17. The lowest BCUT2D eigenvalue weighted by Crippen LogP contribution is -2.36. The van der Waals surface area contributed by atoms with Crippen LogP contribution in [0, 0.1) is 0 Å². The monoisotopic (exact) mass is 311 g/mol. The van der Waals surface area contributed by atoms with Gasteiger partial charge in [0.25, 0.3) is 0 Å². The summed E-state index contributed by atoms with van der Waals surface area (Å²) in [6, 6.07) is 7.59. The van der Waals surface area contributed by atoms with Crippen molar-refractivity contribution in [1.29, 1.82) is 0 Å². The Bertz CT molecular complexity index is 522. The van der Waals surface area contributed by atoms with Crippen molar-refractivity contribution in [3.8, 4) is 11.4 Å². The van der Waals surface area contributed by atoms with Crippen LogP contribution in [-0.2, 0) is 6.42 Å². The Morgan fingerprint density at radius 3 is 2.67 bits per heavy atom. The van der Waals surface area contributed by atoms with Gasteiger partial charge in [0.2, 0.25) is 11.7 Å². The zero-order valence-corrected chi connectivity index (χ0v) is 11.5. The highest BCUT2D eigenvalue weighted by atomic mass is 79.9. The molecule has 0 amide bonds. The molecule has 1 aromatic heterocycles. The van der Waals surface area contributed by atoms with Crippen LogP contribution in [0.1, 0.15) is 12.8 Å². The molecule has 1 unspecified atom stereocenters. The van der Waals surface area contributed by atoms with Gasteiger partial charge < -0.3 is 15.4 Å². The van der Waals surface area contributed by atoms with E-state index in [0.717, 1.165) is 10.0 Å². The molecule has 18 heavy (non-hydrogen) atoms. The zero-order valence-electron chi connectivity index (χ0n) is 9.93. The minimum absolute atomic E-state index is 0.142. The molecule has 1 heterocycles. The zero-order chi connectivity index (χ0) is 13.2. The maximum Gasteiger partial charge on any atom is 0.229 e. The molecule has 0 saturated heterocycles. The lowest BCUT2D eigenvalue weighted by molar-refractivity contribution is 0.0610. The van der Waals surface area contributed by atoms with Gasteiger partial charge >= 0.3 is 0 Å². The standard InChI is InChI=1S/C12H14BrN3O2/c1-12(17,7-14)6-10-15-11(16-18-10)8-2-4-9(13)5-3-8/h2-5,17H,6-7,14H2,1H3. The highest BCUT2D eigenvalue weighted by molar-refractivity contribution is 9.10. The first-order valence-corrected chi connectivity index (χ1v) is 6.30. The lowest BCUT2D eigenvalue weighted by atomic mass is 10.0. The predicted octanol–water partition coefficient (Wildman–Crippen LogP) is 1.75. The van der Waals surface area contributed by atoms with Crippen molar-refractivity contribution < 1.29 is 9.63 Å². The summed E-state index contributed by atoms with van der Waals surface area (Å²) < 4.78 is 6.09. The van der Waals surface area contributed by atoms with E-state index >= 15 is 0 Å². The van der Waals surface area contributed by atoms with Gasteiger partial charge in [0.1, 0.15) is 0 Å². The van der Waals surface area contributed by atoms with Gasteiger partial charge in [-0.05, 0) is 31.2 Å². The van der Waals surface area contributed by atoms with Crippen molar-refractivity contribution >= 4 is 15.9 Å². The van der Waals surface area contributed by atoms with E-state index in [1.54, 1.807) is 6.92 Å². The maximum atomic E-state index is 9.83. The first-order chi connectivity index (χ1) is 8.50. The fourth-order valence-electron chi connectivity index (χ4n) is 1.44. The van der Waals surface area contributed by atoms with Crippen LogP contribution in [0.5, 0.6) is 0 Å². The molecule has 0 saturated carbocycles. The van der Waals surface area contributed by atoms with Crippen LogP contribution in [0.3, 0.4) is 0 Å². The third-order valence-electron chi connectivity index (χ3n) is 2.54. The fraction of sp³-hybridized carbons (Fsp3) is 0.333. The van der Waals surface area contributed by atoms with Gasteiger partial charge in [-0.15, -0.1) is 0 Å². The Hall–Kier alpha value is -1.24. The molecule has 2 rings (SSSR count).